The molecule has 0 saturated carbocycles. The van der Waals surface area contributed by atoms with Gasteiger partial charge in [-0.05, 0) is 12.8 Å². The van der Waals surface area contributed by atoms with Gasteiger partial charge in [0.05, 0.1) is 0 Å². The van der Waals surface area contributed by atoms with E-state index in [9.17, 15) is 4.79 Å². The van der Waals surface area contributed by atoms with E-state index in [1.165, 1.54) is 19.3 Å². The van der Waals surface area contributed by atoms with E-state index >= 15 is 0 Å². The Bertz CT molecular complexity index is 189. The van der Waals surface area contributed by atoms with Crippen LogP contribution in [0.4, 0.5) is 0 Å². The fourth-order valence-corrected chi connectivity index (χ4v) is 1.41. The van der Waals surface area contributed by atoms with Crippen molar-refractivity contribution in [1.82, 2.24) is 0 Å². The zero-order valence-corrected chi connectivity index (χ0v) is 8.65. The van der Waals surface area contributed by atoms with Gasteiger partial charge < -0.3 is 14.3 Å². The van der Waals surface area contributed by atoms with E-state index < -0.39 is 6.10 Å². The molecular weight excluding hydrogens is 180 g/mol. The van der Waals surface area contributed by atoms with E-state index in [4.69, 9.17) is 9.47 Å². The van der Waals surface area contributed by atoms with Crippen molar-refractivity contribution in [3.05, 3.63) is 12.2 Å². The van der Waals surface area contributed by atoms with Crippen molar-refractivity contribution >= 4 is 6.29 Å². The van der Waals surface area contributed by atoms with Crippen LogP contribution in [0.1, 0.15) is 32.6 Å². The van der Waals surface area contributed by atoms with E-state index in [1.807, 2.05) is 6.08 Å². The molecule has 0 aromatic carbocycles. The number of rotatable bonds is 6. The molecule has 1 fully saturated rings. The first-order chi connectivity index (χ1) is 6.88. The lowest BCUT2D eigenvalue weighted by molar-refractivity contribution is -0.115. The lowest BCUT2D eigenvalue weighted by Gasteiger charge is -2.05. The third-order valence-electron chi connectivity index (χ3n) is 2.28. The van der Waals surface area contributed by atoms with E-state index in [0.29, 0.717) is 0 Å². The maximum Gasteiger partial charge on any atom is 0.151 e. The van der Waals surface area contributed by atoms with Crippen LogP contribution in [0.5, 0.6) is 0 Å². The van der Waals surface area contributed by atoms with Crippen molar-refractivity contribution in [3.63, 3.8) is 0 Å². The summed E-state index contributed by atoms with van der Waals surface area (Å²) in [5.41, 5.74) is 0. The van der Waals surface area contributed by atoms with Crippen LogP contribution in [0.25, 0.3) is 0 Å². The molecule has 1 rings (SSSR count). The van der Waals surface area contributed by atoms with Gasteiger partial charge in [0.1, 0.15) is 19.0 Å². The van der Waals surface area contributed by atoms with Gasteiger partial charge in [0, 0.05) is 0 Å². The molecule has 0 unspecified atom stereocenters. The minimum atomic E-state index is -0.405. The summed E-state index contributed by atoms with van der Waals surface area (Å²) in [5.74, 6) is 0. The van der Waals surface area contributed by atoms with Crippen molar-refractivity contribution < 1.29 is 14.3 Å². The molecule has 80 valence electrons. The molecule has 0 amide bonds. The largest absolute Gasteiger partial charge is 0.345 e. The third-order valence-corrected chi connectivity index (χ3v) is 2.28. The van der Waals surface area contributed by atoms with Crippen molar-refractivity contribution in [2.75, 3.05) is 6.79 Å². The standard InChI is InChI=1S/C11H18O3/c1-2-3-4-5-6-7-10-11(8-12)14-9-13-10/h6-8,10-11H,2-5,9H2,1H3/b7-6-/t10-,11-/m0/s1. The Morgan fingerprint density at radius 2 is 2.07 bits per heavy atom. The smallest absolute Gasteiger partial charge is 0.151 e. The van der Waals surface area contributed by atoms with E-state index in [1.54, 1.807) is 0 Å². The second kappa shape index (κ2) is 6.74. The minimum absolute atomic E-state index is 0.172. The van der Waals surface area contributed by atoms with Gasteiger partial charge in [-0.25, -0.2) is 0 Å². The predicted molar refractivity (Wildman–Crippen MR) is 54.0 cm³/mol. The monoisotopic (exact) mass is 198 g/mol. The summed E-state index contributed by atoms with van der Waals surface area (Å²) >= 11 is 0. The summed E-state index contributed by atoms with van der Waals surface area (Å²) in [4.78, 5) is 10.5. The molecule has 14 heavy (non-hydrogen) atoms. The number of carbonyl (C=O) groups is 1. The topological polar surface area (TPSA) is 35.5 Å². The van der Waals surface area contributed by atoms with Crippen LogP contribution >= 0.6 is 0 Å². The lowest BCUT2D eigenvalue weighted by Crippen LogP contribution is -2.21. The third kappa shape index (κ3) is 3.60. The normalized spacial score (nSPS) is 27.2. The molecule has 1 heterocycles. The van der Waals surface area contributed by atoms with Crippen LogP contribution in [0, 0.1) is 0 Å². The molecule has 0 spiro atoms. The Morgan fingerprint density at radius 1 is 1.29 bits per heavy atom. The van der Waals surface area contributed by atoms with Gasteiger partial charge in [-0.3, -0.25) is 0 Å². The fourth-order valence-electron chi connectivity index (χ4n) is 1.41. The fraction of sp³-hybridized carbons (Fsp3) is 0.727. The van der Waals surface area contributed by atoms with E-state index in [2.05, 4.69) is 13.0 Å². The zero-order chi connectivity index (χ0) is 10.2. The Morgan fingerprint density at radius 3 is 2.79 bits per heavy atom. The Labute approximate surface area is 85.1 Å². The molecule has 3 nitrogen and oxygen atoms in total. The highest BCUT2D eigenvalue weighted by atomic mass is 16.7. The second-order valence-electron chi connectivity index (χ2n) is 3.44. The van der Waals surface area contributed by atoms with E-state index in [0.717, 1.165) is 12.7 Å². The maximum absolute atomic E-state index is 10.5. The second-order valence-corrected chi connectivity index (χ2v) is 3.44. The maximum atomic E-state index is 10.5. The summed E-state index contributed by atoms with van der Waals surface area (Å²) in [6, 6.07) is 0. The Hall–Kier alpha value is -0.670. The summed E-state index contributed by atoms with van der Waals surface area (Å²) < 4.78 is 10.3. The molecule has 1 saturated heterocycles. The van der Waals surface area contributed by atoms with Gasteiger partial charge >= 0.3 is 0 Å². The predicted octanol–water partition coefficient (Wildman–Crippen LogP) is 2.06. The van der Waals surface area contributed by atoms with Crippen molar-refractivity contribution in [1.29, 1.82) is 0 Å². The van der Waals surface area contributed by atoms with Crippen LogP contribution < -0.4 is 0 Å². The molecule has 0 radical (unpaired) electrons. The highest BCUT2D eigenvalue weighted by molar-refractivity contribution is 5.58. The first kappa shape index (κ1) is 11.4. The zero-order valence-electron chi connectivity index (χ0n) is 8.65. The minimum Gasteiger partial charge on any atom is -0.345 e. The van der Waals surface area contributed by atoms with Gasteiger partial charge in [0.2, 0.25) is 0 Å². The first-order valence-corrected chi connectivity index (χ1v) is 5.23. The SMILES string of the molecule is CCCCC/C=C\[C@@H]1OCO[C@H]1C=O. The number of carbonyl (C=O) groups excluding carboxylic acids is 1. The Kier molecular flexibility index (Phi) is 5.49. The molecule has 2 atom stereocenters. The van der Waals surface area contributed by atoms with Gasteiger partial charge in [-0.2, -0.15) is 0 Å². The number of allylic oxidation sites excluding steroid dienone is 1. The summed E-state index contributed by atoms with van der Waals surface area (Å²) in [6.07, 6.45) is 8.97. The van der Waals surface area contributed by atoms with Crippen molar-refractivity contribution in [2.24, 2.45) is 0 Å². The molecule has 0 aromatic rings. The van der Waals surface area contributed by atoms with Crippen LogP contribution in [0.15, 0.2) is 12.2 Å². The van der Waals surface area contributed by atoms with Gasteiger partial charge in [-0.1, -0.05) is 31.9 Å². The number of hydrogen-bond acceptors (Lipinski definition) is 3. The van der Waals surface area contributed by atoms with Crippen LogP contribution in [0.3, 0.4) is 0 Å². The number of aldehydes is 1. The van der Waals surface area contributed by atoms with Gasteiger partial charge in [0.15, 0.2) is 6.29 Å². The van der Waals surface area contributed by atoms with Crippen molar-refractivity contribution in [2.45, 2.75) is 44.8 Å². The number of hydrogen-bond donors (Lipinski definition) is 0. The quantitative estimate of drug-likeness (QED) is 0.372. The average molecular weight is 198 g/mol. The molecular formula is C11H18O3. The first-order valence-electron chi connectivity index (χ1n) is 5.23. The van der Waals surface area contributed by atoms with E-state index in [-0.39, 0.29) is 12.9 Å². The molecule has 0 bridgehead atoms. The summed E-state index contributed by atoms with van der Waals surface area (Å²) in [7, 11) is 0. The Balaban J connectivity index is 2.18. The van der Waals surface area contributed by atoms with Crippen LogP contribution in [0.2, 0.25) is 0 Å². The highest BCUT2D eigenvalue weighted by Crippen LogP contribution is 2.12. The number of ether oxygens (including phenoxy) is 2. The molecule has 0 aliphatic carbocycles. The van der Waals surface area contributed by atoms with Crippen molar-refractivity contribution in [3.8, 4) is 0 Å². The summed E-state index contributed by atoms with van der Waals surface area (Å²) in [6.45, 7) is 2.41. The molecule has 3 heteroatoms. The highest BCUT2D eigenvalue weighted by Gasteiger charge is 2.25. The molecule has 0 N–H and O–H groups in total. The van der Waals surface area contributed by atoms with Gasteiger partial charge in [0.25, 0.3) is 0 Å². The summed E-state index contributed by atoms with van der Waals surface area (Å²) in [5, 5.41) is 0. The molecule has 0 aromatic heterocycles. The lowest BCUT2D eigenvalue weighted by atomic mass is 10.1. The molecule has 1 aliphatic heterocycles. The number of unbranched alkanes of at least 4 members (excludes halogenated alkanes) is 3. The van der Waals surface area contributed by atoms with Gasteiger partial charge in [-0.15, -0.1) is 0 Å². The van der Waals surface area contributed by atoms with Crippen LogP contribution in [-0.4, -0.2) is 25.3 Å². The van der Waals surface area contributed by atoms with Crippen LogP contribution in [-0.2, 0) is 14.3 Å². The molecule has 1 aliphatic rings. The average Bonchev–Trinajstić information content (AvgIpc) is 2.65.